The molecule has 39 heavy (non-hydrogen) atoms. The largest absolute Gasteiger partial charge is 0.456 e. The molecule has 0 fully saturated rings. The fourth-order valence-corrected chi connectivity index (χ4v) is 6.58. The summed E-state index contributed by atoms with van der Waals surface area (Å²) in [4.78, 5) is 0. The van der Waals surface area contributed by atoms with Gasteiger partial charge >= 0.3 is 0 Å². The Bertz CT molecular complexity index is 2310. The van der Waals surface area contributed by atoms with Crippen molar-refractivity contribution < 1.29 is 4.74 Å². The van der Waals surface area contributed by atoms with Crippen molar-refractivity contribution in [1.82, 2.24) is 0 Å². The first kappa shape index (κ1) is 20.9. The van der Waals surface area contributed by atoms with Gasteiger partial charge in [0.15, 0.2) is 0 Å². The van der Waals surface area contributed by atoms with Gasteiger partial charge in [0.2, 0.25) is 0 Å². The van der Waals surface area contributed by atoms with Crippen molar-refractivity contribution in [3.8, 4) is 33.8 Å². The molecule has 9 rings (SSSR count). The van der Waals surface area contributed by atoms with E-state index in [2.05, 4.69) is 133 Å². The highest BCUT2D eigenvalue weighted by Gasteiger charge is 2.22. The number of hydrogen-bond donors (Lipinski definition) is 0. The second-order valence-corrected chi connectivity index (χ2v) is 10.5. The zero-order valence-corrected chi connectivity index (χ0v) is 21.1. The smallest absolute Gasteiger partial charge is 0.136 e. The maximum absolute atomic E-state index is 6.65. The van der Waals surface area contributed by atoms with E-state index in [-0.39, 0.29) is 0 Å². The molecule has 8 aromatic carbocycles. The minimum absolute atomic E-state index is 0.909. The Morgan fingerprint density at radius 2 is 1.05 bits per heavy atom. The van der Waals surface area contributed by atoms with Gasteiger partial charge in [-0.05, 0) is 95.5 Å². The third-order valence-electron chi connectivity index (χ3n) is 8.39. The summed E-state index contributed by atoms with van der Waals surface area (Å²) in [7, 11) is 0. The number of fused-ring (bicyclic) bond motifs is 8. The predicted octanol–water partition coefficient (Wildman–Crippen LogP) is 10.9. The third kappa shape index (κ3) is 2.96. The minimum Gasteiger partial charge on any atom is -0.456 e. The van der Waals surface area contributed by atoms with E-state index in [1.165, 1.54) is 65.0 Å². The van der Waals surface area contributed by atoms with Crippen molar-refractivity contribution in [2.75, 3.05) is 0 Å². The molecule has 0 saturated heterocycles. The maximum atomic E-state index is 6.65. The van der Waals surface area contributed by atoms with Gasteiger partial charge < -0.3 is 4.74 Å². The van der Waals surface area contributed by atoms with Crippen LogP contribution in [0.4, 0.5) is 0 Å². The summed E-state index contributed by atoms with van der Waals surface area (Å²) in [5.74, 6) is 1.84. The van der Waals surface area contributed by atoms with Crippen LogP contribution in [0.25, 0.3) is 76.1 Å². The Morgan fingerprint density at radius 3 is 1.95 bits per heavy atom. The molecule has 1 nitrogen and oxygen atoms in total. The van der Waals surface area contributed by atoms with Crippen LogP contribution >= 0.6 is 0 Å². The van der Waals surface area contributed by atoms with Crippen LogP contribution < -0.4 is 4.74 Å². The van der Waals surface area contributed by atoms with Crippen LogP contribution in [0, 0.1) is 0 Å². The minimum atomic E-state index is 0.909. The second-order valence-electron chi connectivity index (χ2n) is 10.5. The molecule has 0 radical (unpaired) electrons. The van der Waals surface area contributed by atoms with Gasteiger partial charge in [-0.15, -0.1) is 0 Å². The zero-order chi connectivity index (χ0) is 25.5. The summed E-state index contributed by atoms with van der Waals surface area (Å²) in [6.45, 7) is 0. The quantitative estimate of drug-likeness (QED) is 0.163. The summed E-state index contributed by atoms with van der Waals surface area (Å²) in [5, 5.41) is 12.5. The van der Waals surface area contributed by atoms with Gasteiger partial charge in [-0.1, -0.05) is 103 Å². The molecule has 0 atom stereocenters. The van der Waals surface area contributed by atoms with Crippen LogP contribution in [-0.4, -0.2) is 0 Å². The van der Waals surface area contributed by atoms with Crippen molar-refractivity contribution in [2.24, 2.45) is 0 Å². The Kier molecular flexibility index (Phi) is 4.11. The molecule has 0 unspecified atom stereocenters. The molecule has 1 heteroatoms. The van der Waals surface area contributed by atoms with Crippen molar-refractivity contribution in [3.63, 3.8) is 0 Å². The van der Waals surface area contributed by atoms with Crippen molar-refractivity contribution in [1.29, 1.82) is 0 Å². The third-order valence-corrected chi connectivity index (χ3v) is 8.39. The lowest BCUT2D eigenvalue weighted by Crippen LogP contribution is -1.98. The zero-order valence-electron chi connectivity index (χ0n) is 21.1. The van der Waals surface area contributed by atoms with E-state index in [9.17, 15) is 0 Å². The number of benzene rings is 8. The lowest BCUT2D eigenvalue weighted by Gasteiger charge is -2.23. The Morgan fingerprint density at radius 1 is 0.333 bits per heavy atom. The summed E-state index contributed by atoms with van der Waals surface area (Å²) in [6.07, 6.45) is 0. The van der Waals surface area contributed by atoms with Gasteiger partial charge in [-0.3, -0.25) is 0 Å². The fraction of sp³-hybridized carbons (Fsp3) is 0. The molecular weight excluding hydrogens is 472 g/mol. The van der Waals surface area contributed by atoms with Gasteiger partial charge in [0.1, 0.15) is 11.5 Å². The summed E-state index contributed by atoms with van der Waals surface area (Å²) in [5.41, 5.74) is 4.76. The van der Waals surface area contributed by atoms with Gasteiger partial charge in [0.05, 0.1) is 0 Å². The second kappa shape index (κ2) is 7.69. The average Bonchev–Trinajstić information content (AvgIpc) is 2.99. The highest BCUT2D eigenvalue weighted by atomic mass is 16.5. The van der Waals surface area contributed by atoms with E-state index in [1.807, 2.05) is 0 Å². The number of rotatable bonds is 1. The van der Waals surface area contributed by atoms with Gasteiger partial charge in [0, 0.05) is 10.9 Å². The molecule has 1 aliphatic rings. The van der Waals surface area contributed by atoms with Crippen molar-refractivity contribution in [3.05, 3.63) is 133 Å². The first-order chi connectivity index (χ1) is 19.3. The van der Waals surface area contributed by atoms with Crippen molar-refractivity contribution >= 4 is 53.9 Å². The molecule has 0 N–H and O–H groups in total. The van der Waals surface area contributed by atoms with Gasteiger partial charge in [-0.2, -0.15) is 0 Å². The standard InChI is InChI=1S/C38H22O/c1-2-8-24-20-35-26(19-23(24)7-1)15-17-31-28(11-5-12-30(31)35)27-16-18-32-34-14-6-13-33-29-10-4-3-9-25(29)22-37(38(33)34)39-36(32)21-27/h1-22H. The molecular formula is C38H22O. The number of ether oxygens (including phenoxy) is 1. The summed E-state index contributed by atoms with van der Waals surface area (Å²) < 4.78 is 6.65. The molecule has 180 valence electrons. The molecule has 1 heterocycles. The fourth-order valence-electron chi connectivity index (χ4n) is 6.58. The number of hydrogen-bond acceptors (Lipinski definition) is 1. The normalized spacial score (nSPS) is 12.3. The molecule has 0 bridgehead atoms. The van der Waals surface area contributed by atoms with Crippen LogP contribution in [0.3, 0.4) is 0 Å². The maximum Gasteiger partial charge on any atom is 0.136 e. The summed E-state index contributed by atoms with van der Waals surface area (Å²) in [6, 6.07) is 48.4. The van der Waals surface area contributed by atoms with Crippen LogP contribution in [0.5, 0.6) is 11.5 Å². The lowest BCUT2D eigenvalue weighted by atomic mass is 9.89. The van der Waals surface area contributed by atoms with E-state index in [1.54, 1.807) is 0 Å². The van der Waals surface area contributed by atoms with Gasteiger partial charge in [0.25, 0.3) is 0 Å². The van der Waals surface area contributed by atoms with E-state index in [0.29, 0.717) is 0 Å². The molecule has 0 amide bonds. The summed E-state index contributed by atoms with van der Waals surface area (Å²) >= 11 is 0. The van der Waals surface area contributed by atoms with E-state index < -0.39 is 0 Å². The van der Waals surface area contributed by atoms with Gasteiger partial charge in [-0.25, -0.2) is 0 Å². The monoisotopic (exact) mass is 494 g/mol. The topological polar surface area (TPSA) is 9.23 Å². The first-order valence-corrected chi connectivity index (χ1v) is 13.4. The van der Waals surface area contributed by atoms with Crippen LogP contribution in [0.15, 0.2) is 133 Å². The Labute approximate surface area is 225 Å². The predicted molar refractivity (Wildman–Crippen MR) is 165 cm³/mol. The molecule has 0 aromatic heterocycles. The van der Waals surface area contributed by atoms with Crippen LogP contribution in [0.1, 0.15) is 0 Å². The molecule has 0 saturated carbocycles. The van der Waals surface area contributed by atoms with Crippen LogP contribution in [0.2, 0.25) is 0 Å². The van der Waals surface area contributed by atoms with E-state index >= 15 is 0 Å². The Balaban J connectivity index is 1.25. The molecule has 8 aromatic rings. The van der Waals surface area contributed by atoms with Crippen molar-refractivity contribution in [2.45, 2.75) is 0 Å². The highest BCUT2D eigenvalue weighted by molar-refractivity contribution is 6.17. The van der Waals surface area contributed by atoms with Crippen LogP contribution in [-0.2, 0) is 0 Å². The SMILES string of the molecule is c1ccc2cc3c(ccc4c(-c5ccc6c(c5)Oc5cc7ccccc7c7cccc-6c57)cccc43)cc2c1. The first-order valence-electron chi connectivity index (χ1n) is 13.4. The molecule has 0 spiro atoms. The van der Waals surface area contributed by atoms with E-state index in [0.717, 1.165) is 22.6 Å². The lowest BCUT2D eigenvalue weighted by molar-refractivity contribution is 0.488. The molecule has 0 aliphatic carbocycles. The van der Waals surface area contributed by atoms with E-state index in [4.69, 9.17) is 4.74 Å². The highest BCUT2D eigenvalue weighted by Crippen LogP contribution is 2.49. The Hall–Kier alpha value is -5.14. The molecule has 1 aliphatic heterocycles. The average molecular weight is 495 g/mol.